The number of benzene rings is 3. The Kier molecular flexibility index (Phi) is 6.57. The van der Waals surface area contributed by atoms with E-state index >= 15 is 0 Å². The predicted octanol–water partition coefficient (Wildman–Crippen LogP) is 5.92. The lowest BCUT2D eigenvalue weighted by atomic mass is 10.1. The normalized spacial score (nSPS) is 12.5. The van der Waals surface area contributed by atoms with Gasteiger partial charge in [0.25, 0.3) is 5.91 Å². The summed E-state index contributed by atoms with van der Waals surface area (Å²) in [5, 5.41) is 5.76. The Morgan fingerprint density at radius 1 is 0.968 bits per heavy atom. The second kappa shape index (κ2) is 9.71. The molecule has 2 N–H and O–H groups in total. The van der Waals surface area contributed by atoms with Crippen LogP contribution in [0.5, 0.6) is 0 Å². The summed E-state index contributed by atoms with van der Waals surface area (Å²) in [6, 6.07) is 23.1. The average Bonchev–Trinajstić information content (AvgIpc) is 2.90. The second-order valence-corrected chi connectivity index (χ2v) is 8.48. The van der Waals surface area contributed by atoms with Gasteiger partial charge in [0.05, 0.1) is 17.8 Å². The van der Waals surface area contributed by atoms with E-state index in [4.69, 9.17) is 0 Å². The van der Waals surface area contributed by atoms with Crippen LogP contribution in [0.3, 0.4) is 0 Å². The van der Waals surface area contributed by atoms with Gasteiger partial charge in [-0.05, 0) is 42.3 Å². The molecule has 158 valence electrons. The summed E-state index contributed by atoms with van der Waals surface area (Å²) in [4.78, 5) is 29.5. The van der Waals surface area contributed by atoms with Crippen molar-refractivity contribution in [2.75, 3.05) is 16.8 Å². The number of rotatable bonds is 6. The topological polar surface area (TPSA) is 61.4 Å². The molecule has 0 saturated heterocycles. The molecular weight excluding hydrogens is 406 g/mol. The molecule has 0 aliphatic carbocycles. The van der Waals surface area contributed by atoms with E-state index in [1.54, 1.807) is 16.7 Å². The van der Waals surface area contributed by atoms with Crippen molar-refractivity contribution in [1.29, 1.82) is 0 Å². The number of amides is 3. The molecule has 0 bridgehead atoms. The van der Waals surface area contributed by atoms with E-state index in [1.165, 1.54) is 0 Å². The second-order valence-electron chi connectivity index (χ2n) is 7.39. The van der Waals surface area contributed by atoms with Crippen LogP contribution in [-0.4, -0.2) is 18.5 Å². The van der Waals surface area contributed by atoms with Crippen LogP contribution in [0.15, 0.2) is 82.6 Å². The van der Waals surface area contributed by atoms with Crippen molar-refractivity contribution in [3.05, 3.63) is 83.9 Å². The molecule has 0 unspecified atom stereocenters. The first-order valence-electron chi connectivity index (χ1n) is 10.5. The molecule has 1 aliphatic rings. The summed E-state index contributed by atoms with van der Waals surface area (Å²) in [7, 11) is 0. The molecule has 0 saturated carbocycles. The van der Waals surface area contributed by atoms with Gasteiger partial charge in [-0.15, -0.1) is 0 Å². The largest absolute Gasteiger partial charge is 0.338 e. The Hall–Kier alpha value is -3.25. The fourth-order valence-electron chi connectivity index (χ4n) is 3.47. The van der Waals surface area contributed by atoms with Gasteiger partial charge in [0.2, 0.25) is 0 Å². The third-order valence-electron chi connectivity index (χ3n) is 5.09. The van der Waals surface area contributed by atoms with Crippen LogP contribution < -0.4 is 15.5 Å². The lowest BCUT2D eigenvalue weighted by Crippen LogP contribution is -2.31. The molecule has 0 spiro atoms. The van der Waals surface area contributed by atoms with Crippen LogP contribution in [0.2, 0.25) is 0 Å². The number of nitrogens with one attached hydrogen (secondary N) is 2. The van der Waals surface area contributed by atoms with Crippen molar-refractivity contribution in [2.24, 2.45) is 0 Å². The number of urea groups is 1. The highest BCUT2D eigenvalue weighted by atomic mass is 32.2. The Balaban J connectivity index is 1.68. The van der Waals surface area contributed by atoms with Gasteiger partial charge in [0.1, 0.15) is 0 Å². The first-order valence-corrected chi connectivity index (χ1v) is 11.3. The number of fused-ring (bicyclic) bond motifs is 2. The van der Waals surface area contributed by atoms with E-state index in [1.807, 2.05) is 72.8 Å². The van der Waals surface area contributed by atoms with Crippen LogP contribution in [0.4, 0.5) is 16.2 Å². The zero-order chi connectivity index (χ0) is 21.6. The molecule has 1 heterocycles. The van der Waals surface area contributed by atoms with Crippen LogP contribution in [0.25, 0.3) is 0 Å². The number of carbonyl (C=O) groups excluding carboxylic acids is 2. The summed E-state index contributed by atoms with van der Waals surface area (Å²) in [5.41, 5.74) is 3.18. The molecule has 31 heavy (non-hydrogen) atoms. The molecule has 1 aliphatic heterocycles. The third kappa shape index (κ3) is 4.91. The number of hydrogen-bond donors (Lipinski definition) is 2. The van der Waals surface area contributed by atoms with Gasteiger partial charge < -0.3 is 15.5 Å². The molecule has 3 aromatic carbocycles. The Bertz CT molecular complexity index is 1090. The van der Waals surface area contributed by atoms with Gasteiger partial charge in [0.15, 0.2) is 0 Å². The van der Waals surface area contributed by atoms with E-state index in [0.29, 0.717) is 24.3 Å². The highest BCUT2D eigenvalue weighted by molar-refractivity contribution is 7.99. The van der Waals surface area contributed by atoms with Gasteiger partial charge in [-0.25, -0.2) is 4.79 Å². The predicted molar refractivity (Wildman–Crippen MR) is 126 cm³/mol. The van der Waals surface area contributed by atoms with Gasteiger partial charge in [0, 0.05) is 22.0 Å². The molecule has 6 heteroatoms. The van der Waals surface area contributed by atoms with Crippen LogP contribution >= 0.6 is 11.8 Å². The molecule has 0 atom stereocenters. The number of unbranched alkanes of at least 4 members (excludes halogenated alkanes) is 1. The third-order valence-corrected chi connectivity index (χ3v) is 6.23. The summed E-state index contributed by atoms with van der Waals surface area (Å²) < 4.78 is 0. The van der Waals surface area contributed by atoms with Crippen LogP contribution in [0, 0.1) is 0 Å². The van der Waals surface area contributed by atoms with E-state index in [0.717, 1.165) is 33.9 Å². The van der Waals surface area contributed by atoms with E-state index in [9.17, 15) is 9.59 Å². The zero-order valence-electron chi connectivity index (χ0n) is 17.4. The smallest absolute Gasteiger partial charge is 0.319 e. The summed E-state index contributed by atoms with van der Waals surface area (Å²) in [5.74, 6) is -0.0461. The van der Waals surface area contributed by atoms with Crippen molar-refractivity contribution in [3.63, 3.8) is 0 Å². The summed E-state index contributed by atoms with van der Waals surface area (Å²) in [6.07, 6.45) is 1.96. The van der Waals surface area contributed by atoms with E-state index in [2.05, 4.69) is 17.6 Å². The van der Waals surface area contributed by atoms with Crippen LogP contribution in [0.1, 0.15) is 35.7 Å². The summed E-state index contributed by atoms with van der Waals surface area (Å²) in [6.45, 7) is 3.17. The molecule has 0 radical (unpaired) electrons. The number of anilines is 2. The first-order chi connectivity index (χ1) is 15.2. The van der Waals surface area contributed by atoms with Gasteiger partial charge in [-0.3, -0.25) is 4.79 Å². The Morgan fingerprint density at radius 2 is 1.74 bits per heavy atom. The van der Waals surface area contributed by atoms with Gasteiger partial charge >= 0.3 is 6.03 Å². The standard InChI is InChI=1S/C25H25N3O2S/c1-2-3-15-26-25(30)27-19-13-14-23-21(16-19)28(17-18-9-5-4-6-10-18)24(29)20-11-7-8-12-22(20)31-23/h4-14,16H,2-3,15,17H2,1H3,(H2,26,27,30). The quantitative estimate of drug-likeness (QED) is 0.476. The van der Waals surface area contributed by atoms with E-state index < -0.39 is 0 Å². The minimum atomic E-state index is -0.237. The maximum atomic E-state index is 13.5. The van der Waals surface area contributed by atoms with Crippen molar-refractivity contribution in [2.45, 2.75) is 36.1 Å². The number of hydrogen-bond acceptors (Lipinski definition) is 3. The highest BCUT2D eigenvalue weighted by Crippen LogP contribution is 2.43. The molecule has 3 aromatic rings. The fourth-order valence-corrected chi connectivity index (χ4v) is 4.53. The maximum absolute atomic E-state index is 13.5. The van der Waals surface area contributed by atoms with Crippen molar-refractivity contribution in [3.8, 4) is 0 Å². The summed E-state index contributed by atoms with van der Waals surface area (Å²) >= 11 is 1.58. The van der Waals surface area contributed by atoms with Crippen molar-refractivity contribution < 1.29 is 9.59 Å². The molecule has 0 aromatic heterocycles. The number of nitrogens with zero attached hydrogens (tertiary/aromatic N) is 1. The van der Waals surface area contributed by atoms with Crippen LogP contribution in [-0.2, 0) is 6.54 Å². The Labute approximate surface area is 186 Å². The van der Waals surface area contributed by atoms with Gasteiger partial charge in [-0.1, -0.05) is 67.6 Å². The van der Waals surface area contributed by atoms with Crippen molar-refractivity contribution >= 4 is 35.1 Å². The monoisotopic (exact) mass is 431 g/mol. The molecular formula is C25H25N3O2S. The Morgan fingerprint density at radius 3 is 2.55 bits per heavy atom. The first kappa shape index (κ1) is 21.0. The average molecular weight is 432 g/mol. The number of carbonyl (C=O) groups is 2. The lowest BCUT2D eigenvalue weighted by Gasteiger charge is -2.24. The molecule has 4 rings (SSSR count). The SMILES string of the molecule is CCCCNC(=O)Nc1ccc2c(c1)N(Cc1ccccc1)C(=O)c1ccccc1S2. The molecule has 5 nitrogen and oxygen atoms in total. The molecule has 0 fully saturated rings. The molecule has 3 amide bonds. The minimum absolute atomic E-state index is 0.0461. The van der Waals surface area contributed by atoms with Gasteiger partial charge in [-0.2, -0.15) is 0 Å². The van der Waals surface area contributed by atoms with Crippen molar-refractivity contribution in [1.82, 2.24) is 5.32 Å². The van der Waals surface area contributed by atoms with E-state index in [-0.39, 0.29) is 11.9 Å². The highest BCUT2D eigenvalue weighted by Gasteiger charge is 2.27. The maximum Gasteiger partial charge on any atom is 0.319 e. The fraction of sp³-hybridized carbons (Fsp3) is 0.200. The zero-order valence-corrected chi connectivity index (χ0v) is 18.2. The minimum Gasteiger partial charge on any atom is -0.338 e. The lowest BCUT2D eigenvalue weighted by molar-refractivity contribution is 0.0982.